The first-order valence-corrected chi connectivity index (χ1v) is 21.6. The summed E-state index contributed by atoms with van der Waals surface area (Å²) in [6, 6.07) is 7.91. The van der Waals surface area contributed by atoms with Crippen molar-refractivity contribution in [3.05, 3.63) is 76.4 Å². The molecule has 0 aliphatic carbocycles. The lowest BCUT2D eigenvalue weighted by molar-refractivity contribution is -0.0929. The van der Waals surface area contributed by atoms with Crippen LogP contribution < -0.4 is 37.3 Å². The number of carbonyl (C=O) groups excluding carboxylic acids is 4. The summed E-state index contributed by atoms with van der Waals surface area (Å²) in [7, 11) is 1.46. The number of amides is 4. The summed E-state index contributed by atoms with van der Waals surface area (Å²) < 4.78 is 24.5. The van der Waals surface area contributed by atoms with Crippen LogP contribution >= 0.6 is 0 Å². The first kappa shape index (κ1) is 44.4. The number of carbonyl (C=O) groups is 4. The number of hydrogen-bond acceptors (Lipinski definition) is 13. The molecule has 342 valence electrons. The van der Waals surface area contributed by atoms with E-state index in [0.717, 1.165) is 39.0 Å². The third-order valence-electron chi connectivity index (χ3n) is 12.3. The number of hydrogen-bond donors (Lipinski definition) is 5. The summed E-state index contributed by atoms with van der Waals surface area (Å²) in [6.45, 7) is 11.8. The Morgan fingerprint density at radius 2 is 1.38 bits per heavy atom. The summed E-state index contributed by atoms with van der Waals surface area (Å²) in [5.41, 5.74) is 21.9. The average Bonchev–Trinajstić information content (AvgIpc) is 4.03. The van der Waals surface area contributed by atoms with E-state index in [1.807, 2.05) is 32.9 Å². The van der Waals surface area contributed by atoms with Crippen molar-refractivity contribution in [3.8, 4) is 11.5 Å². The monoisotopic (exact) mass is 890 g/mol. The molecule has 2 aromatic carbocycles. The number of methoxy groups -OCH3 is 1. The Hall–Kier alpha value is -7.26. The Bertz CT molecular complexity index is 2860. The Morgan fingerprint density at radius 3 is 1.94 bits per heavy atom. The highest BCUT2D eigenvalue weighted by Crippen LogP contribution is 2.39. The molecule has 4 amide bonds. The second-order valence-electron chi connectivity index (χ2n) is 16.2. The van der Waals surface area contributed by atoms with Crippen LogP contribution in [0.5, 0.6) is 11.5 Å². The number of allylic oxidation sites excluding steroid dienone is 2. The number of aryl methyl sites for hydroxylation is 4. The number of aromatic nitrogens is 8. The number of nitrogens with two attached hydrogens (primary N) is 3. The highest BCUT2D eigenvalue weighted by molar-refractivity contribution is 6.07. The third kappa shape index (κ3) is 8.46. The molecule has 2 aliphatic rings. The van der Waals surface area contributed by atoms with E-state index in [2.05, 4.69) is 25.7 Å². The zero-order chi connectivity index (χ0) is 46.2. The fraction of sp³-hybridized carbons (Fsp3) is 0.409. The van der Waals surface area contributed by atoms with Crippen LogP contribution in [-0.4, -0.2) is 113 Å². The van der Waals surface area contributed by atoms with Crippen LogP contribution in [0.25, 0.3) is 22.1 Å². The van der Waals surface area contributed by atoms with Crippen LogP contribution in [0.15, 0.2) is 42.5 Å². The largest absolute Gasteiger partial charge is 0.494 e. The smallest absolute Gasteiger partial charge is 0.278 e. The number of benzene rings is 2. The number of imidazole rings is 2. The van der Waals surface area contributed by atoms with Gasteiger partial charge in [0, 0.05) is 69.1 Å². The minimum Gasteiger partial charge on any atom is -0.494 e. The molecule has 2 saturated heterocycles. The van der Waals surface area contributed by atoms with Gasteiger partial charge in [-0.1, -0.05) is 12.2 Å². The molecule has 21 nitrogen and oxygen atoms in total. The van der Waals surface area contributed by atoms with Crippen LogP contribution in [0.1, 0.15) is 86.2 Å². The van der Waals surface area contributed by atoms with Crippen molar-refractivity contribution in [2.24, 2.45) is 11.5 Å². The molecule has 6 heterocycles. The number of fused-ring (bicyclic) bond motifs is 2. The summed E-state index contributed by atoms with van der Waals surface area (Å²) in [4.78, 5) is 64.6. The van der Waals surface area contributed by atoms with Gasteiger partial charge in [0.25, 0.3) is 11.8 Å². The van der Waals surface area contributed by atoms with Crippen molar-refractivity contribution in [1.82, 2.24) is 43.6 Å². The summed E-state index contributed by atoms with van der Waals surface area (Å²) in [6.07, 6.45) is 6.74. The van der Waals surface area contributed by atoms with Gasteiger partial charge in [-0.05, 0) is 77.3 Å². The van der Waals surface area contributed by atoms with Crippen LogP contribution in [0.3, 0.4) is 0 Å². The Labute approximate surface area is 373 Å². The van der Waals surface area contributed by atoms with Crippen molar-refractivity contribution < 1.29 is 33.4 Å². The minimum absolute atomic E-state index is 0.112. The van der Waals surface area contributed by atoms with E-state index < -0.39 is 23.6 Å². The van der Waals surface area contributed by atoms with Gasteiger partial charge in [-0.15, -0.1) is 0 Å². The predicted octanol–water partition coefficient (Wildman–Crippen LogP) is 3.62. The molecular weight excluding hydrogens is 837 g/mol. The van der Waals surface area contributed by atoms with Gasteiger partial charge in [-0.25, -0.2) is 9.97 Å². The Balaban J connectivity index is 1.16. The number of anilines is 3. The van der Waals surface area contributed by atoms with Crippen molar-refractivity contribution in [2.45, 2.75) is 78.7 Å². The number of nitrogens with zero attached hydrogens (tertiary/aromatic N) is 9. The van der Waals surface area contributed by atoms with Crippen molar-refractivity contribution in [1.29, 1.82) is 0 Å². The molecule has 2 fully saturated rings. The second kappa shape index (κ2) is 18.1. The van der Waals surface area contributed by atoms with Gasteiger partial charge >= 0.3 is 0 Å². The molecule has 21 heteroatoms. The van der Waals surface area contributed by atoms with Crippen LogP contribution in [0, 0.1) is 13.8 Å². The lowest BCUT2D eigenvalue weighted by Crippen LogP contribution is -2.62. The Kier molecular flexibility index (Phi) is 12.3. The molecule has 0 saturated carbocycles. The predicted molar refractivity (Wildman–Crippen MR) is 242 cm³/mol. The van der Waals surface area contributed by atoms with E-state index in [4.69, 9.17) is 41.4 Å². The molecule has 0 radical (unpaired) electrons. The topological polar surface area (TPSA) is 273 Å². The third-order valence-corrected chi connectivity index (χ3v) is 12.3. The number of rotatable bonds is 17. The number of likely N-dealkylation sites (tertiary alicyclic amines) is 1. The number of primary amides is 2. The highest BCUT2D eigenvalue weighted by Gasteiger charge is 2.45. The summed E-state index contributed by atoms with van der Waals surface area (Å²) >= 11 is 0. The van der Waals surface area contributed by atoms with Gasteiger partial charge in [-0.3, -0.25) is 44.1 Å². The van der Waals surface area contributed by atoms with Crippen molar-refractivity contribution in [2.75, 3.05) is 56.4 Å². The maximum Gasteiger partial charge on any atom is 0.278 e. The highest BCUT2D eigenvalue weighted by atomic mass is 16.5. The maximum atomic E-state index is 13.9. The van der Waals surface area contributed by atoms with E-state index >= 15 is 0 Å². The van der Waals surface area contributed by atoms with Gasteiger partial charge in [0.1, 0.15) is 40.5 Å². The zero-order valence-electron chi connectivity index (χ0n) is 37.1. The average molecular weight is 891 g/mol. The van der Waals surface area contributed by atoms with E-state index in [-0.39, 0.29) is 53.0 Å². The van der Waals surface area contributed by atoms with Crippen molar-refractivity contribution in [3.63, 3.8) is 0 Å². The summed E-state index contributed by atoms with van der Waals surface area (Å²) in [5, 5.41) is 14.7. The van der Waals surface area contributed by atoms with E-state index in [1.165, 1.54) is 23.9 Å². The standard InChI is InChI=1S/C44H54N14O7/c1-6-57-31(20-25(3)52-57)40(61)50-42-49-30-22-28(39(47)60)24-33(65-19-16-54-15-10-44(54)11-17-64-18-12-44)36(30)56(42)14-9-8-13-55-35-29(21-27(38(46)59)23-32(35)63-5)48-43(55)51-41(62)37-34(45)26(4)53-58(37)7-2/h8-9,20-24H,6-7,10-19,45H2,1-5H3,(H2,46,59)(H2,47,60)(H,48,51,62)(H,49,50,61)/b9-8+. The fourth-order valence-corrected chi connectivity index (χ4v) is 8.79. The van der Waals surface area contributed by atoms with Gasteiger partial charge in [0.15, 0.2) is 0 Å². The van der Waals surface area contributed by atoms with E-state index in [1.54, 1.807) is 38.9 Å². The molecule has 8 rings (SSSR count). The normalized spacial score (nSPS) is 14.9. The number of nitrogen functional groups attached to an aromatic ring is 1. The van der Waals surface area contributed by atoms with Gasteiger partial charge in [-0.2, -0.15) is 10.2 Å². The summed E-state index contributed by atoms with van der Waals surface area (Å²) in [5.74, 6) is -1.31. The molecular formula is C44H54N14O7. The second-order valence-corrected chi connectivity index (χ2v) is 16.2. The zero-order valence-corrected chi connectivity index (χ0v) is 37.1. The van der Waals surface area contributed by atoms with Gasteiger partial charge in [0.2, 0.25) is 23.7 Å². The minimum atomic E-state index is -0.680. The van der Waals surface area contributed by atoms with E-state index in [9.17, 15) is 19.2 Å². The van der Waals surface area contributed by atoms with Gasteiger partial charge < -0.3 is 40.5 Å². The molecule has 0 unspecified atom stereocenters. The molecule has 0 atom stereocenters. The molecule has 8 N–H and O–H groups in total. The number of ether oxygens (including phenoxy) is 3. The van der Waals surface area contributed by atoms with Crippen molar-refractivity contribution >= 4 is 63.3 Å². The van der Waals surface area contributed by atoms with Crippen LogP contribution in [0.2, 0.25) is 0 Å². The molecule has 0 bridgehead atoms. The lowest BCUT2D eigenvalue weighted by atomic mass is 9.78. The first-order valence-electron chi connectivity index (χ1n) is 21.6. The lowest BCUT2D eigenvalue weighted by Gasteiger charge is -2.55. The number of nitrogens with one attached hydrogen (secondary N) is 2. The van der Waals surface area contributed by atoms with Crippen LogP contribution in [-0.2, 0) is 30.9 Å². The molecule has 1 spiro atoms. The van der Waals surface area contributed by atoms with E-state index in [0.29, 0.717) is 76.9 Å². The molecule has 65 heavy (non-hydrogen) atoms. The quantitative estimate of drug-likeness (QED) is 0.0820. The fourth-order valence-electron chi connectivity index (χ4n) is 8.79. The van der Waals surface area contributed by atoms with Gasteiger partial charge in [0.05, 0.1) is 35.2 Å². The first-order chi connectivity index (χ1) is 31.2. The SMILES string of the molecule is CCn1nc(C)cc1C(=O)Nc1nc2cc(C(N)=O)cc(OCCN3CCC34CCOCC4)c2n1C/C=C/Cn1c(NC(=O)c2c(N)c(C)nn2CC)nc2cc(C(N)=O)cc(OC)c21. The molecule has 2 aliphatic heterocycles. The Morgan fingerprint density at radius 1 is 0.800 bits per heavy atom. The molecule has 4 aromatic heterocycles. The maximum absolute atomic E-state index is 13.9. The van der Waals surface area contributed by atoms with Crippen LogP contribution in [0.4, 0.5) is 17.6 Å². The molecule has 6 aromatic rings.